The van der Waals surface area contributed by atoms with Crippen molar-refractivity contribution in [1.82, 2.24) is 0 Å². The zero-order chi connectivity index (χ0) is 18.4. The first kappa shape index (κ1) is 17.9. The van der Waals surface area contributed by atoms with Gasteiger partial charge in [-0.1, -0.05) is 36.4 Å². The van der Waals surface area contributed by atoms with Crippen molar-refractivity contribution in [1.29, 1.82) is 10.5 Å². The zero-order valence-corrected chi connectivity index (χ0v) is 14.3. The summed E-state index contributed by atoms with van der Waals surface area (Å²) in [6, 6.07) is 18.9. The number of aliphatic imine (C=N–C) groups is 2. The first-order chi connectivity index (χ1) is 12.0. The summed E-state index contributed by atoms with van der Waals surface area (Å²) >= 11 is 0. The molecule has 2 rings (SSSR count). The molecule has 0 amide bonds. The predicted octanol–water partition coefficient (Wildman–Crippen LogP) is 3.49. The molecular weight excluding hydrogens is 310 g/mol. The van der Waals surface area contributed by atoms with Crippen LogP contribution in [0.3, 0.4) is 0 Å². The van der Waals surface area contributed by atoms with E-state index >= 15 is 0 Å². The maximum atomic E-state index is 9.02. The van der Waals surface area contributed by atoms with E-state index in [4.69, 9.17) is 10.5 Å². The van der Waals surface area contributed by atoms with Crippen LogP contribution in [-0.4, -0.2) is 27.5 Å². The summed E-state index contributed by atoms with van der Waals surface area (Å²) in [5.41, 5.74) is 2.28. The van der Waals surface area contributed by atoms with Crippen molar-refractivity contribution < 1.29 is 0 Å². The lowest BCUT2D eigenvalue weighted by atomic mass is 9.90. The average Bonchev–Trinajstić information content (AvgIpc) is 2.66. The summed E-state index contributed by atoms with van der Waals surface area (Å²) in [5, 5.41) is 18.0. The van der Waals surface area contributed by atoms with Gasteiger partial charge in [0.2, 0.25) is 0 Å². The lowest BCUT2D eigenvalue weighted by Gasteiger charge is -2.27. The van der Waals surface area contributed by atoms with Crippen LogP contribution in [0.4, 0.5) is 5.69 Å². The molecule has 0 bridgehead atoms. The minimum atomic E-state index is -1.03. The summed E-state index contributed by atoms with van der Waals surface area (Å²) in [5.74, 6) is -0.795. The molecule has 0 aromatic heterocycles. The van der Waals surface area contributed by atoms with Gasteiger partial charge in [0.15, 0.2) is 11.6 Å². The van der Waals surface area contributed by atoms with Gasteiger partial charge in [-0.15, -0.1) is 0 Å². The van der Waals surface area contributed by atoms with Crippen LogP contribution in [0.5, 0.6) is 0 Å². The maximum absolute atomic E-state index is 9.02. The highest BCUT2D eigenvalue weighted by Gasteiger charge is 2.31. The third kappa shape index (κ3) is 3.27. The molecule has 5 nitrogen and oxygen atoms in total. The molecular formula is C20H19N5. The third-order valence-electron chi connectivity index (χ3n) is 4.15. The summed E-state index contributed by atoms with van der Waals surface area (Å²) in [6.07, 6.45) is 0. The van der Waals surface area contributed by atoms with Crippen molar-refractivity contribution in [2.75, 3.05) is 19.0 Å². The Morgan fingerprint density at radius 2 is 1.32 bits per heavy atom. The van der Waals surface area contributed by atoms with E-state index in [9.17, 15) is 0 Å². The molecule has 5 heteroatoms. The van der Waals surface area contributed by atoms with Gasteiger partial charge in [-0.2, -0.15) is 10.5 Å². The van der Waals surface area contributed by atoms with Crippen LogP contribution < -0.4 is 4.90 Å². The smallest absolute Gasteiger partial charge is 0.199 e. The zero-order valence-electron chi connectivity index (χ0n) is 14.3. The molecule has 0 spiro atoms. The number of benzene rings is 2. The first-order valence-corrected chi connectivity index (χ1v) is 7.65. The highest BCUT2D eigenvalue weighted by Crippen LogP contribution is 2.36. The first-order valence-electron chi connectivity index (χ1n) is 7.65. The number of hydrogen-bond donors (Lipinski definition) is 0. The van der Waals surface area contributed by atoms with Gasteiger partial charge < -0.3 is 4.90 Å². The van der Waals surface area contributed by atoms with E-state index in [1.165, 1.54) is 0 Å². The average molecular weight is 329 g/mol. The number of rotatable bonds is 6. The Balaban J connectivity index is 2.50. The van der Waals surface area contributed by atoms with E-state index < -0.39 is 11.6 Å². The molecule has 0 aliphatic heterocycles. The lowest BCUT2D eigenvalue weighted by molar-refractivity contribution is 0.584. The molecule has 0 aliphatic carbocycles. The van der Waals surface area contributed by atoms with Gasteiger partial charge in [0, 0.05) is 30.9 Å². The van der Waals surface area contributed by atoms with Gasteiger partial charge in [0.1, 0.15) is 0 Å². The van der Waals surface area contributed by atoms with Crippen molar-refractivity contribution in [2.24, 2.45) is 9.98 Å². The second-order valence-electron chi connectivity index (χ2n) is 5.74. The predicted molar refractivity (Wildman–Crippen MR) is 101 cm³/mol. The summed E-state index contributed by atoms with van der Waals surface area (Å²) < 4.78 is 0. The normalized spacial score (nSPS) is 10.6. The molecule has 0 saturated carbocycles. The Morgan fingerprint density at radius 1 is 0.880 bits per heavy atom. The molecule has 0 saturated heterocycles. The molecule has 2 aromatic carbocycles. The van der Waals surface area contributed by atoms with E-state index in [0.717, 1.165) is 16.8 Å². The minimum Gasteiger partial charge on any atom is -0.378 e. The lowest BCUT2D eigenvalue weighted by Crippen LogP contribution is -2.22. The van der Waals surface area contributed by atoms with Gasteiger partial charge in [-0.3, -0.25) is 9.98 Å². The van der Waals surface area contributed by atoms with Crippen LogP contribution in [0.2, 0.25) is 0 Å². The van der Waals surface area contributed by atoms with Crippen LogP contribution in [0, 0.1) is 22.7 Å². The van der Waals surface area contributed by atoms with E-state index in [1.54, 1.807) is 24.3 Å². The molecule has 2 aromatic rings. The van der Waals surface area contributed by atoms with Crippen LogP contribution in [0.15, 0.2) is 58.5 Å². The third-order valence-corrected chi connectivity index (χ3v) is 4.15. The van der Waals surface area contributed by atoms with Crippen LogP contribution in [-0.2, 0) is 5.66 Å². The Labute approximate surface area is 148 Å². The Kier molecular flexibility index (Phi) is 5.31. The summed E-state index contributed by atoms with van der Waals surface area (Å²) in [7, 11) is 3.94. The van der Waals surface area contributed by atoms with Crippen LogP contribution >= 0.6 is 0 Å². The number of nitriles is 2. The van der Waals surface area contributed by atoms with Gasteiger partial charge >= 0.3 is 0 Å². The molecule has 0 fully saturated rings. The van der Waals surface area contributed by atoms with Crippen molar-refractivity contribution in [2.45, 2.75) is 11.6 Å². The molecule has 0 aliphatic rings. The Morgan fingerprint density at radius 3 is 1.68 bits per heavy atom. The second-order valence-corrected chi connectivity index (χ2v) is 5.74. The van der Waals surface area contributed by atoms with Gasteiger partial charge in [0.25, 0.3) is 0 Å². The van der Waals surface area contributed by atoms with Crippen molar-refractivity contribution in [3.8, 4) is 12.1 Å². The van der Waals surface area contributed by atoms with E-state index in [-0.39, 0.29) is 0 Å². The Hall–Kier alpha value is -3.44. The fraction of sp³-hybridized carbons (Fsp3) is 0.200. The van der Waals surface area contributed by atoms with Crippen molar-refractivity contribution in [3.63, 3.8) is 0 Å². The van der Waals surface area contributed by atoms with Gasteiger partial charge in [-0.05, 0) is 31.1 Å². The molecule has 25 heavy (non-hydrogen) atoms. The monoisotopic (exact) mass is 329 g/mol. The summed E-state index contributed by atoms with van der Waals surface area (Å²) in [6.45, 7) is 7.41. The highest BCUT2D eigenvalue weighted by molar-refractivity contribution is 5.52. The topological polar surface area (TPSA) is 75.5 Å². The van der Waals surface area contributed by atoms with E-state index in [2.05, 4.69) is 23.4 Å². The fourth-order valence-corrected chi connectivity index (χ4v) is 2.66. The van der Waals surface area contributed by atoms with E-state index in [0.29, 0.717) is 5.56 Å². The van der Waals surface area contributed by atoms with Crippen LogP contribution in [0.1, 0.15) is 22.6 Å². The Bertz CT molecular complexity index is 814. The van der Waals surface area contributed by atoms with E-state index in [1.807, 2.05) is 55.4 Å². The summed E-state index contributed by atoms with van der Waals surface area (Å²) in [4.78, 5) is 10.5. The quantitative estimate of drug-likeness (QED) is 0.761. The molecule has 0 heterocycles. The molecule has 0 atom stereocenters. The second kappa shape index (κ2) is 7.42. The maximum Gasteiger partial charge on any atom is 0.199 e. The molecule has 124 valence electrons. The van der Waals surface area contributed by atoms with Crippen LogP contribution in [0.25, 0.3) is 0 Å². The fourth-order valence-electron chi connectivity index (χ4n) is 2.66. The number of nitrogens with zero attached hydrogens (tertiary/aromatic N) is 5. The van der Waals surface area contributed by atoms with Gasteiger partial charge in [0.05, 0.1) is 12.1 Å². The minimum absolute atomic E-state index is 0.638. The number of anilines is 1. The van der Waals surface area contributed by atoms with Gasteiger partial charge in [-0.25, -0.2) is 0 Å². The molecule has 0 radical (unpaired) electrons. The molecule has 0 N–H and O–H groups in total. The van der Waals surface area contributed by atoms with Crippen molar-refractivity contribution in [3.05, 3.63) is 65.2 Å². The SMILES string of the molecule is C=NC(N=C)(c1ccc(C(C#N)C#N)cc1)c1ccc(N(C)C)cc1. The highest BCUT2D eigenvalue weighted by atomic mass is 15.1. The van der Waals surface area contributed by atoms with Crippen molar-refractivity contribution >= 4 is 19.1 Å². The largest absolute Gasteiger partial charge is 0.378 e. The molecule has 0 unspecified atom stereocenters. The number of hydrogen-bond acceptors (Lipinski definition) is 5. The standard InChI is InChI=1S/C20H19N5/c1-23-20(24-2,18-9-11-19(12-10-18)25(3)4)17-7-5-15(6-8-17)16(13-21)14-22/h5-12,16H,1-2H2,3-4H3.